The zero-order chi connectivity index (χ0) is 16.4. The van der Waals surface area contributed by atoms with Crippen molar-refractivity contribution in [2.45, 2.75) is 57.3 Å². The Morgan fingerprint density at radius 1 is 1.14 bits per heavy atom. The Hall–Kier alpha value is -0.780. The van der Waals surface area contributed by atoms with Gasteiger partial charge in [0.1, 0.15) is 5.75 Å². The van der Waals surface area contributed by atoms with Crippen molar-refractivity contribution >= 4 is 19.7 Å². The molecule has 1 aromatic rings. The number of hydrogen-bond acceptors (Lipinski definition) is 4. The minimum Gasteiger partial charge on any atom is -0.494 e. The summed E-state index contributed by atoms with van der Waals surface area (Å²) in [6.45, 7) is 2.92. The van der Waals surface area contributed by atoms with Gasteiger partial charge in [-0.05, 0) is 43.4 Å². The van der Waals surface area contributed by atoms with Crippen molar-refractivity contribution in [1.29, 1.82) is 0 Å². The number of aliphatic hydroxyl groups is 1. The summed E-state index contributed by atoms with van der Waals surface area (Å²) < 4.78 is 27.4. The van der Waals surface area contributed by atoms with Gasteiger partial charge in [0, 0.05) is 10.7 Å². The molecule has 1 N–H and O–H groups in total. The van der Waals surface area contributed by atoms with Crippen LogP contribution in [0, 0.1) is 0 Å². The van der Waals surface area contributed by atoms with Crippen molar-refractivity contribution in [3.8, 4) is 5.75 Å². The van der Waals surface area contributed by atoms with Gasteiger partial charge < -0.3 is 9.84 Å². The van der Waals surface area contributed by atoms with Crippen LogP contribution in [0.4, 0.5) is 0 Å². The molecule has 0 aliphatic rings. The SMILES string of the molecule is CCCCCCOc1ccc(CCCC(O)S(=O)(=O)Cl)cc1. The molecule has 0 heterocycles. The van der Waals surface area contributed by atoms with Crippen LogP contribution in [-0.4, -0.2) is 25.6 Å². The van der Waals surface area contributed by atoms with E-state index in [9.17, 15) is 13.5 Å². The molecule has 0 aliphatic heterocycles. The number of ether oxygens (including phenoxy) is 1. The van der Waals surface area contributed by atoms with Gasteiger partial charge in [0.25, 0.3) is 9.05 Å². The van der Waals surface area contributed by atoms with E-state index in [1.165, 1.54) is 19.3 Å². The molecule has 126 valence electrons. The fraction of sp³-hybridized carbons (Fsp3) is 0.625. The van der Waals surface area contributed by atoms with Gasteiger partial charge >= 0.3 is 0 Å². The van der Waals surface area contributed by atoms with Gasteiger partial charge in [0.15, 0.2) is 5.44 Å². The predicted molar refractivity (Wildman–Crippen MR) is 89.8 cm³/mol. The molecule has 0 saturated heterocycles. The first kappa shape index (κ1) is 19.3. The van der Waals surface area contributed by atoms with Gasteiger partial charge in [-0.25, -0.2) is 8.42 Å². The molecule has 1 rings (SSSR count). The summed E-state index contributed by atoms with van der Waals surface area (Å²) in [5, 5.41) is 9.33. The summed E-state index contributed by atoms with van der Waals surface area (Å²) in [5.41, 5.74) is -0.405. The molecule has 0 radical (unpaired) electrons. The van der Waals surface area contributed by atoms with Crippen molar-refractivity contribution in [3.05, 3.63) is 29.8 Å². The lowest BCUT2D eigenvalue weighted by Crippen LogP contribution is -2.15. The van der Waals surface area contributed by atoms with E-state index in [1.807, 2.05) is 24.3 Å². The highest BCUT2D eigenvalue weighted by Crippen LogP contribution is 2.16. The van der Waals surface area contributed by atoms with Gasteiger partial charge in [0.2, 0.25) is 0 Å². The molecule has 0 amide bonds. The highest BCUT2D eigenvalue weighted by atomic mass is 35.7. The molecule has 1 aromatic carbocycles. The Kier molecular flexibility index (Phi) is 8.83. The topological polar surface area (TPSA) is 63.6 Å². The maximum atomic E-state index is 10.9. The van der Waals surface area contributed by atoms with Gasteiger partial charge in [-0.3, -0.25) is 0 Å². The fourth-order valence-corrected chi connectivity index (χ4v) is 2.81. The van der Waals surface area contributed by atoms with Crippen LogP contribution in [0.3, 0.4) is 0 Å². The van der Waals surface area contributed by atoms with E-state index in [2.05, 4.69) is 6.92 Å². The molecule has 1 unspecified atom stereocenters. The summed E-state index contributed by atoms with van der Waals surface area (Å²) in [5.74, 6) is 0.851. The second-order valence-electron chi connectivity index (χ2n) is 5.38. The molecule has 4 nitrogen and oxygen atoms in total. The lowest BCUT2D eigenvalue weighted by Gasteiger charge is -2.08. The molecule has 0 saturated carbocycles. The predicted octanol–water partition coefficient (Wildman–Crippen LogP) is 3.86. The van der Waals surface area contributed by atoms with E-state index < -0.39 is 14.5 Å². The zero-order valence-electron chi connectivity index (χ0n) is 13.0. The first-order chi connectivity index (χ1) is 10.4. The summed E-state index contributed by atoms with van der Waals surface area (Å²) in [7, 11) is 1.20. The average Bonchev–Trinajstić information content (AvgIpc) is 2.47. The monoisotopic (exact) mass is 348 g/mol. The molecule has 0 spiro atoms. The quantitative estimate of drug-likeness (QED) is 0.487. The normalized spacial score (nSPS) is 13.0. The second kappa shape index (κ2) is 10.1. The number of benzene rings is 1. The summed E-state index contributed by atoms with van der Waals surface area (Å²) in [6, 6.07) is 7.76. The third-order valence-corrected chi connectivity index (χ3v) is 4.93. The van der Waals surface area contributed by atoms with E-state index >= 15 is 0 Å². The van der Waals surface area contributed by atoms with Crippen LogP contribution in [0.15, 0.2) is 24.3 Å². The number of unbranched alkanes of at least 4 members (excludes halogenated alkanes) is 3. The Morgan fingerprint density at radius 2 is 1.82 bits per heavy atom. The van der Waals surface area contributed by atoms with Crippen LogP contribution < -0.4 is 4.74 Å². The van der Waals surface area contributed by atoms with Crippen molar-refractivity contribution in [2.75, 3.05) is 6.61 Å². The maximum absolute atomic E-state index is 10.9. The third-order valence-electron chi connectivity index (χ3n) is 3.43. The fourth-order valence-electron chi connectivity index (χ4n) is 2.09. The summed E-state index contributed by atoms with van der Waals surface area (Å²) >= 11 is 0. The van der Waals surface area contributed by atoms with E-state index in [0.29, 0.717) is 12.8 Å². The minimum atomic E-state index is -3.87. The average molecular weight is 349 g/mol. The Morgan fingerprint density at radius 3 is 2.41 bits per heavy atom. The minimum absolute atomic E-state index is 0.140. The van der Waals surface area contributed by atoms with Crippen LogP contribution in [0.1, 0.15) is 51.0 Å². The number of rotatable bonds is 11. The van der Waals surface area contributed by atoms with Gasteiger partial charge in [-0.1, -0.05) is 38.3 Å². The molecular formula is C16H25ClO4S. The van der Waals surface area contributed by atoms with E-state index in [4.69, 9.17) is 15.4 Å². The number of hydrogen-bond donors (Lipinski definition) is 1. The first-order valence-corrected chi connectivity index (χ1v) is 10.1. The van der Waals surface area contributed by atoms with Crippen molar-refractivity contribution in [1.82, 2.24) is 0 Å². The number of aliphatic hydroxyl groups excluding tert-OH is 1. The largest absolute Gasteiger partial charge is 0.494 e. The summed E-state index contributed by atoms with van der Waals surface area (Å²) in [6.07, 6.45) is 6.12. The zero-order valence-corrected chi connectivity index (χ0v) is 14.6. The highest BCUT2D eigenvalue weighted by Gasteiger charge is 2.18. The van der Waals surface area contributed by atoms with Crippen molar-refractivity contribution in [3.63, 3.8) is 0 Å². The van der Waals surface area contributed by atoms with Gasteiger partial charge in [-0.15, -0.1) is 0 Å². The van der Waals surface area contributed by atoms with Crippen LogP contribution >= 0.6 is 10.7 Å². The Labute approximate surface area is 137 Å². The molecule has 0 fully saturated rings. The Balaban J connectivity index is 2.27. The van der Waals surface area contributed by atoms with Crippen LogP contribution in [0.5, 0.6) is 5.75 Å². The second-order valence-corrected chi connectivity index (χ2v) is 8.16. The highest BCUT2D eigenvalue weighted by molar-refractivity contribution is 8.14. The molecule has 1 atom stereocenters. The molecular weight excluding hydrogens is 324 g/mol. The van der Waals surface area contributed by atoms with E-state index in [1.54, 1.807) is 0 Å². The van der Waals surface area contributed by atoms with Crippen molar-refractivity contribution in [2.24, 2.45) is 0 Å². The Bertz CT molecular complexity index is 513. The molecule has 6 heteroatoms. The molecule has 22 heavy (non-hydrogen) atoms. The number of aryl methyl sites for hydroxylation is 1. The lowest BCUT2D eigenvalue weighted by atomic mass is 10.1. The third kappa shape index (κ3) is 8.01. The van der Waals surface area contributed by atoms with Crippen LogP contribution in [-0.2, 0) is 15.5 Å². The van der Waals surface area contributed by atoms with Crippen molar-refractivity contribution < 1.29 is 18.3 Å². The number of halogens is 1. The van der Waals surface area contributed by atoms with Gasteiger partial charge in [0.05, 0.1) is 6.61 Å². The standard InChI is InChI=1S/C16H25ClO4S/c1-2-3-4-5-13-21-15-11-9-14(10-12-15)7-6-8-16(18)22(17,19)20/h9-12,16,18H,2-8,13H2,1H3. The maximum Gasteiger partial charge on any atom is 0.259 e. The molecule has 0 bridgehead atoms. The van der Waals surface area contributed by atoms with Gasteiger partial charge in [-0.2, -0.15) is 0 Å². The van der Waals surface area contributed by atoms with E-state index in [-0.39, 0.29) is 6.42 Å². The van der Waals surface area contributed by atoms with E-state index in [0.717, 1.165) is 24.3 Å². The smallest absolute Gasteiger partial charge is 0.259 e. The molecule has 0 aromatic heterocycles. The first-order valence-electron chi connectivity index (χ1n) is 7.76. The summed E-state index contributed by atoms with van der Waals surface area (Å²) in [4.78, 5) is 0. The van der Waals surface area contributed by atoms with Crippen LogP contribution in [0.25, 0.3) is 0 Å². The van der Waals surface area contributed by atoms with Crippen LogP contribution in [0.2, 0.25) is 0 Å². The lowest BCUT2D eigenvalue weighted by molar-refractivity contribution is 0.238. The molecule has 0 aliphatic carbocycles.